The zero-order valence-electron chi connectivity index (χ0n) is 11.0. The molecule has 17 heavy (non-hydrogen) atoms. The van der Waals surface area contributed by atoms with Gasteiger partial charge in [0.1, 0.15) is 0 Å². The van der Waals surface area contributed by atoms with Crippen LogP contribution in [0.5, 0.6) is 0 Å². The van der Waals surface area contributed by atoms with Crippen LogP contribution in [0.25, 0.3) is 0 Å². The van der Waals surface area contributed by atoms with E-state index in [1.165, 1.54) is 77.8 Å². The molecule has 3 fully saturated rings. The zero-order chi connectivity index (χ0) is 11.5. The molecule has 0 aromatic rings. The number of rotatable bonds is 2. The summed E-state index contributed by atoms with van der Waals surface area (Å²) in [5.74, 6) is 0. The van der Waals surface area contributed by atoms with Crippen LogP contribution in [0, 0.1) is 0 Å². The number of nitrogens with zero attached hydrogens (tertiary/aromatic N) is 2. The third-order valence-corrected chi connectivity index (χ3v) is 4.90. The van der Waals surface area contributed by atoms with Crippen LogP contribution in [-0.2, 0) is 0 Å². The summed E-state index contributed by atoms with van der Waals surface area (Å²) in [5, 5.41) is 3.45. The number of nitrogens with one attached hydrogen (secondary N) is 1. The van der Waals surface area contributed by atoms with Crippen molar-refractivity contribution in [2.24, 2.45) is 0 Å². The Bertz CT molecular complexity index is 224. The molecule has 3 aliphatic rings. The number of hydrogen-bond acceptors (Lipinski definition) is 3. The smallest absolute Gasteiger partial charge is 0.0351 e. The number of piperazine rings is 1. The van der Waals surface area contributed by atoms with Gasteiger partial charge in [-0.1, -0.05) is 25.7 Å². The summed E-state index contributed by atoms with van der Waals surface area (Å²) in [6.45, 7) is 7.63. The van der Waals surface area contributed by atoms with Gasteiger partial charge in [-0.2, -0.15) is 0 Å². The van der Waals surface area contributed by atoms with Gasteiger partial charge in [0.25, 0.3) is 0 Å². The van der Waals surface area contributed by atoms with Gasteiger partial charge in [0.15, 0.2) is 0 Å². The second-order valence-electron chi connectivity index (χ2n) is 6.04. The largest absolute Gasteiger partial charge is 0.314 e. The van der Waals surface area contributed by atoms with Crippen LogP contribution in [0.15, 0.2) is 0 Å². The third kappa shape index (κ3) is 2.83. The molecule has 3 heteroatoms. The summed E-state index contributed by atoms with van der Waals surface area (Å²) < 4.78 is 0. The summed E-state index contributed by atoms with van der Waals surface area (Å²) >= 11 is 0. The van der Waals surface area contributed by atoms with Crippen LogP contribution in [0.3, 0.4) is 0 Å². The van der Waals surface area contributed by atoms with Crippen LogP contribution in [0.2, 0.25) is 0 Å². The summed E-state index contributed by atoms with van der Waals surface area (Å²) in [6.07, 6.45) is 8.83. The fourth-order valence-electron chi connectivity index (χ4n) is 3.69. The Morgan fingerprint density at radius 3 is 2.00 bits per heavy atom. The second kappa shape index (κ2) is 5.68. The lowest BCUT2D eigenvalue weighted by molar-refractivity contribution is -0.00433. The van der Waals surface area contributed by atoms with Crippen molar-refractivity contribution in [1.29, 1.82) is 0 Å². The first kappa shape index (κ1) is 11.9. The highest BCUT2D eigenvalue weighted by atomic mass is 15.3. The van der Waals surface area contributed by atoms with Gasteiger partial charge >= 0.3 is 0 Å². The molecular weight excluding hydrogens is 210 g/mol. The minimum Gasteiger partial charge on any atom is -0.314 e. The topological polar surface area (TPSA) is 18.5 Å². The van der Waals surface area contributed by atoms with Gasteiger partial charge in [0.05, 0.1) is 0 Å². The van der Waals surface area contributed by atoms with Crippen molar-refractivity contribution in [3.8, 4) is 0 Å². The van der Waals surface area contributed by atoms with E-state index in [2.05, 4.69) is 15.1 Å². The van der Waals surface area contributed by atoms with Crippen molar-refractivity contribution >= 4 is 0 Å². The SMILES string of the molecule is C1CCCC(N2CC(N3CCNCC3)C2)CC1. The Kier molecular flexibility index (Phi) is 3.99. The first-order chi connectivity index (χ1) is 8.43. The first-order valence-corrected chi connectivity index (χ1v) is 7.62. The zero-order valence-corrected chi connectivity index (χ0v) is 11.0. The van der Waals surface area contributed by atoms with E-state index in [4.69, 9.17) is 0 Å². The van der Waals surface area contributed by atoms with E-state index in [-0.39, 0.29) is 0 Å². The molecule has 0 radical (unpaired) electrons. The average Bonchev–Trinajstić information content (AvgIpc) is 2.58. The fourth-order valence-corrected chi connectivity index (χ4v) is 3.69. The summed E-state index contributed by atoms with van der Waals surface area (Å²) in [6, 6.07) is 1.80. The van der Waals surface area contributed by atoms with Gasteiger partial charge in [-0.3, -0.25) is 9.80 Å². The van der Waals surface area contributed by atoms with Crippen LogP contribution in [-0.4, -0.2) is 61.2 Å². The lowest BCUT2D eigenvalue weighted by Crippen LogP contribution is -2.64. The Morgan fingerprint density at radius 1 is 0.706 bits per heavy atom. The van der Waals surface area contributed by atoms with Gasteiger partial charge in [-0.25, -0.2) is 0 Å². The highest BCUT2D eigenvalue weighted by molar-refractivity contribution is 4.93. The molecule has 98 valence electrons. The molecule has 3 rings (SSSR count). The van der Waals surface area contributed by atoms with Gasteiger partial charge in [0, 0.05) is 51.4 Å². The molecule has 0 amide bonds. The molecule has 2 saturated heterocycles. The van der Waals surface area contributed by atoms with E-state index in [1.807, 2.05) is 0 Å². The highest BCUT2D eigenvalue weighted by Gasteiger charge is 2.35. The van der Waals surface area contributed by atoms with Crippen LogP contribution in [0.1, 0.15) is 38.5 Å². The first-order valence-electron chi connectivity index (χ1n) is 7.62. The molecule has 2 aliphatic heterocycles. The molecular formula is C14H27N3. The standard InChI is InChI=1S/C14H27N3/c1-2-4-6-13(5-3-1)17-11-14(12-17)16-9-7-15-8-10-16/h13-15H,1-12H2. The minimum absolute atomic E-state index is 0.875. The molecule has 0 bridgehead atoms. The lowest BCUT2D eigenvalue weighted by atomic mass is 9.98. The maximum Gasteiger partial charge on any atom is 0.0351 e. The van der Waals surface area contributed by atoms with Crippen molar-refractivity contribution < 1.29 is 0 Å². The van der Waals surface area contributed by atoms with E-state index in [1.54, 1.807) is 0 Å². The summed E-state index contributed by atoms with van der Waals surface area (Å²) in [7, 11) is 0. The van der Waals surface area contributed by atoms with E-state index in [0.717, 1.165) is 12.1 Å². The van der Waals surface area contributed by atoms with Gasteiger partial charge in [-0.05, 0) is 12.8 Å². The van der Waals surface area contributed by atoms with Crippen molar-refractivity contribution in [2.45, 2.75) is 50.6 Å². The predicted octanol–water partition coefficient (Wildman–Crippen LogP) is 1.30. The Balaban J connectivity index is 1.43. The van der Waals surface area contributed by atoms with E-state index < -0.39 is 0 Å². The molecule has 1 N–H and O–H groups in total. The Labute approximate surface area is 106 Å². The third-order valence-electron chi connectivity index (χ3n) is 4.90. The van der Waals surface area contributed by atoms with Crippen molar-refractivity contribution in [3.63, 3.8) is 0 Å². The van der Waals surface area contributed by atoms with Crippen LogP contribution in [0.4, 0.5) is 0 Å². The average molecular weight is 237 g/mol. The lowest BCUT2D eigenvalue weighted by Gasteiger charge is -2.50. The highest BCUT2D eigenvalue weighted by Crippen LogP contribution is 2.27. The maximum atomic E-state index is 3.45. The Morgan fingerprint density at radius 2 is 1.35 bits per heavy atom. The molecule has 1 aliphatic carbocycles. The maximum absolute atomic E-state index is 3.45. The van der Waals surface area contributed by atoms with Crippen molar-refractivity contribution in [2.75, 3.05) is 39.3 Å². The van der Waals surface area contributed by atoms with Gasteiger partial charge in [-0.15, -0.1) is 0 Å². The minimum atomic E-state index is 0.875. The number of hydrogen-bond donors (Lipinski definition) is 1. The van der Waals surface area contributed by atoms with Crippen LogP contribution >= 0.6 is 0 Å². The van der Waals surface area contributed by atoms with Gasteiger partial charge < -0.3 is 5.32 Å². The van der Waals surface area contributed by atoms with Crippen LogP contribution < -0.4 is 5.32 Å². The van der Waals surface area contributed by atoms with Gasteiger partial charge in [0.2, 0.25) is 0 Å². The van der Waals surface area contributed by atoms with E-state index in [0.29, 0.717) is 0 Å². The summed E-state index contributed by atoms with van der Waals surface area (Å²) in [5.41, 5.74) is 0. The molecule has 0 spiro atoms. The summed E-state index contributed by atoms with van der Waals surface area (Å²) in [4.78, 5) is 5.46. The Hall–Kier alpha value is -0.120. The normalized spacial score (nSPS) is 31.1. The van der Waals surface area contributed by atoms with E-state index in [9.17, 15) is 0 Å². The molecule has 1 saturated carbocycles. The quantitative estimate of drug-likeness (QED) is 0.730. The molecule has 0 atom stereocenters. The molecule has 3 nitrogen and oxygen atoms in total. The fraction of sp³-hybridized carbons (Fsp3) is 1.00. The molecule has 2 heterocycles. The van der Waals surface area contributed by atoms with Crippen molar-refractivity contribution in [3.05, 3.63) is 0 Å². The number of likely N-dealkylation sites (tertiary alicyclic amines) is 1. The van der Waals surface area contributed by atoms with Crippen molar-refractivity contribution in [1.82, 2.24) is 15.1 Å². The second-order valence-corrected chi connectivity index (χ2v) is 6.04. The molecule has 0 aromatic carbocycles. The molecule has 0 aromatic heterocycles. The molecule has 0 unspecified atom stereocenters. The van der Waals surface area contributed by atoms with E-state index >= 15 is 0 Å². The predicted molar refractivity (Wildman–Crippen MR) is 71.3 cm³/mol. The monoisotopic (exact) mass is 237 g/mol.